The Bertz CT molecular complexity index is 138. The van der Waals surface area contributed by atoms with Crippen molar-refractivity contribution in [3.63, 3.8) is 0 Å². The summed E-state index contributed by atoms with van der Waals surface area (Å²) in [4.78, 5) is 2.41. The summed E-state index contributed by atoms with van der Waals surface area (Å²) in [7, 11) is 0. The Morgan fingerprint density at radius 1 is 1.46 bits per heavy atom. The van der Waals surface area contributed by atoms with E-state index in [9.17, 15) is 5.11 Å². The lowest BCUT2D eigenvalue weighted by molar-refractivity contribution is 0.119. The number of aliphatic hydroxyl groups excluding tert-OH is 1. The van der Waals surface area contributed by atoms with Gasteiger partial charge < -0.3 is 10.0 Å². The molecular formula is C11H23NO. The zero-order valence-corrected chi connectivity index (χ0v) is 9.00. The monoisotopic (exact) mass is 185 g/mol. The number of likely N-dealkylation sites (tertiary alicyclic amines) is 1. The quantitative estimate of drug-likeness (QED) is 0.707. The Morgan fingerprint density at radius 2 is 2.23 bits per heavy atom. The van der Waals surface area contributed by atoms with Gasteiger partial charge in [0.25, 0.3) is 0 Å². The van der Waals surface area contributed by atoms with E-state index in [1.54, 1.807) is 0 Å². The molecule has 2 atom stereocenters. The molecule has 2 heteroatoms. The predicted octanol–water partition coefficient (Wildman–Crippen LogP) is 1.88. The summed E-state index contributed by atoms with van der Waals surface area (Å²) < 4.78 is 0. The van der Waals surface area contributed by atoms with Crippen LogP contribution < -0.4 is 0 Å². The van der Waals surface area contributed by atoms with E-state index in [1.807, 2.05) is 6.92 Å². The first-order chi connectivity index (χ1) is 6.26. The van der Waals surface area contributed by atoms with Crippen LogP contribution in [-0.4, -0.2) is 35.7 Å². The van der Waals surface area contributed by atoms with Crippen LogP contribution in [0.4, 0.5) is 0 Å². The molecule has 1 fully saturated rings. The molecule has 1 N–H and O–H groups in total. The van der Waals surface area contributed by atoms with Crippen LogP contribution in [0.5, 0.6) is 0 Å². The lowest BCUT2D eigenvalue weighted by atomic mass is 10.0. The van der Waals surface area contributed by atoms with E-state index < -0.39 is 0 Å². The van der Waals surface area contributed by atoms with Crippen LogP contribution in [-0.2, 0) is 0 Å². The van der Waals surface area contributed by atoms with Crippen molar-refractivity contribution in [2.75, 3.05) is 19.6 Å². The molecular weight excluding hydrogens is 162 g/mol. The standard InChI is InChI=1S/C11H23NO/c1-3-5-10-6-7-12(8-10)9-11(13)4-2/h10-11,13H,3-9H2,1-2H3. The molecule has 0 amide bonds. The smallest absolute Gasteiger partial charge is 0.0664 e. The number of hydrogen-bond donors (Lipinski definition) is 1. The van der Waals surface area contributed by atoms with Gasteiger partial charge in [0, 0.05) is 13.1 Å². The average Bonchev–Trinajstić information content (AvgIpc) is 2.53. The maximum Gasteiger partial charge on any atom is 0.0664 e. The molecule has 0 aliphatic carbocycles. The van der Waals surface area contributed by atoms with Crippen LogP contribution in [0.1, 0.15) is 39.5 Å². The molecule has 1 heterocycles. The molecule has 78 valence electrons. The minimum Gasteiger partial charge on any atom is -0.392 e. The van der Waals surface area contributed by atoms with Crippen LogP contribution >= 0.6 is 0 Å². The summed E-state index contributed by atoms with van der Waals surface area (Å²) in [5.74, 6) is 0.897. The number of β-amino-alcohol motifs (C(OH)–C–C–N with tert-alkyl or cyclic N) is 1. The zero-order chi connectivity index (χ0) is 9.68. The van der Waals surface area contributed by atoms with E-state index in [-0.39, 0.29) is 6.10 Å². The van der Waals surface area contributed by atoms with Crippen LogP contribution in [0.3, 0.4) is 0 Å². The number of nitrogens with zero attached hydrogens (tertiary/aromatic N) is 1. The Balaban J connectivity index is 2.17. The molecule has 2 nitrogen and oxygen atoms in total. The normalized spacial score (nSPS) is 26.5. The maximum absolute atomic E-state index is 9.49. The third-order valence-corrected chi connectivity index (χ3v) is 3.01. The minimum absolute atomic E-state index is 0.111. The summed E-state index contributed by atoms with van der Waals surface area (Å²) in [5, 5.41) is 9.49. The summed E-state index contributed by atoms with van der Waals surface area (Å²) >= 11 is 0. The first-order valence-corrected chi connectivity index (χ1v) is 5.66. The van der Waals surface area contributed by atoms with Gasteiger partial charge in [-0.05, 0) is 31.7 Å². The minimum atomic E-state index is -0.111. The second-order valence-corrected chi connectivity index (χ2v) is 4.27. The molecule has 1 aliphatic heterocycles. The Morgan fingerprint density at radius 3 is 2.85 bits per heavy atom. The van der Waals surface area contributed by atoms with Crippen molar-refractivity contribution >= 4 is 0 Å². The molecule has 1 saturated heterocycles. The topological polar surface area (TPSA) is 23.5 Å². The van der Waals surface area contributed by atoms with Crippen molar-refractivity contribution in [3.05, 3.63) is 0 Å². The van der Waals surface area contributed by atoms with Gasteiger partial charge in [-0.2, -0.15) is 0 Å². The molecule has 0 radical (unpaired) electrons. The third kappa shape index (κ3) is 3.65. The van der Waals surface area contributed by atoms with Gasteiger partial charge in [-0.15, -0.1) is 0 Å². The highest BCUT2D eigenvalue weighted by Crippen LogP contribution is 2.20. The van der Waals surface area contributed by atoms with E-state index in [0.717, 1.165) is 18.9 Å². The SMILES string of the molecule is CCCC1CCN(CC(O)CC)C1. The highest BCUT2D eigenvalue weighted by atomic mass is 16.3. The number of aliphatic hydroxyl groups is 1. The van der Waals surface area contributed by atoms with Crippen molar-refractivity contribution in [1.82, 2.24) is 4.90 Å². The maximum atomic E-state index is 9.49. The van der Waals surface area contributed by atoms with E-state index in [1.165, 1.54) is 32.4 Å². The van der Waals surface area contributed by atoms with Crippen LogP contribution in [0.15, 0.2) is 0 Å². The lowest BCUT2D eigenvalue weighted by Crippen LogP contribution is -2.30. The van der Waals surface area contributed by atoms with Gasteiger partial charge in [-0.25, -0.2) is 0 Å². The fourth-order valence-corrected chi connectivity index (χ4v) is 2.15. The van der Waals surface area contributed by atoms with Gasteiger partial charge in [0.2, 0.25) is 0 Å². The van der Waals surface area contributed by atoms with Crippen LogP contribution in [0.25, 0.3) is 0 Å². The molecule has 0 bridgehead atoms. The van der Waals surface area contributed by atoms with Gasteiger partial charge in [-0.1, -0.05) is 20.3 Å². The van der Waals surface area contributed by atoms with Crippen LogP contribution in [0, 0.1) is 5.92 Å². The molecule has 1 aliphatic rings. The summed E-state index contributed by atoms with van der Waals surface area (Å²) in [6, 6.07) is 0. The highest BCUT2D eigenvalue weighted by molar-refractivity contribution is 4.76. The molecule has 0 aromatic rings. The van der Waals surface area contributed by atoms with Gasteiger partial charge in [-0.3, -0.25) is 0 Å². The fourth-order valence-electron chi connectivity index (χ4n) is 2.15. The van der Waals surface area contributed by atoms with Crippen molar-refractivity contribution in [1.29, 1.82) is 0 Å². The summed E-state index contributed by atoms with van der Waals surface area (Å²) in [6.45, 7) is 7.59. The molecule has 0 saturated carbocycles. The molecule has 13 heavy (non-hydrogen) atoms. The summed E-state index contributed by atoms with van der Waals surface area (Å²) in [5.41, 5.74) is 0. The van der Waals surface area contributed by atoms with Crippen molar-refractivity contribution in [2.24, 2.45) is 5.92 Å². The highest BCUT2D eigenvalue weighted by Gasteiger charge is 2.22. The van der Waals surface area contributed by atoms with Gasteiger partial charge in [0.15, 0.2) is 0 Å². The predicted molar refractivity (Wildman–Crippen MR) is 55.8 cm³/mol. The molecule has 2 unspecified atom stereocenters. The second kappa shape index (κ2) is 5.61. The third-order valence-electron chi connectivity index (χ3n) is 3.01. The average molecular weight is 185 g/mol. The molecule has 0 spiro atoms. The van der Waals surface area contributed by atoms with Crippen LogP contribution in [0.2, 0.25) is 0 Å². The van der Waals surface area contributed by atoms with Gasteiger partial charge in [0.1, 0.15) is 0 Å². The Labute approximate surface area is 81.9 Å². The molecule has 1 rings (SSSR count). The van der Waals surface area contributed by atoms with Crippen molar-refractivity contribution in [2.45, 2.75) is 45.6 Å². The van der Waals surface area contributed by atoms with Gasteiger partial charge in [0.05, 0.1) is 6.10 Å². The summed E-state index contributed by atoms with van der Waals surface area (Å²) in [6.07, 6.45) is 4.77. The number of hydrogen-bond acceptors (Lipinski definition) is 2. The van der Waals surface area contributed by atoms with E-state index in [0.29, 0.717) is 0 Å². The van der Waals surface area contributed by atoms with E-state index >= 15 is 0 Å². The van der Waals surface area contributed by atoms with Gasteiger partial charge >= 0.3 is 0 Å². The fraction of sp³-hybridized carbons (Fsp3) is 1.00. The van der Waals surface area contributed by atoms with E-state index in [4.69, 9.17) is 0 Å². The Hall–Kier alpha value is -0.0800. The zero-order valence-electron chi connectivity index (χ0n) is 9.00. The second-order valence-electron chi connectivity index (χ2n) is 4.27. The van der Waals surface area contributed by atoms with Crippen molar-refractivity contribution in [3.8, 4) is 0 Å². The van der Waals surface area contributed by atoms with E-state index in [2.05, 4.69) is 11.8 Å². The largest absolute Gasteiger partial charge is 0.392 e. The van der Waals surface area contributed by atoms with Crippen molar-refractivity contribution < 1.29 is 5.11 Å². The Kier molecular flexibility index (Phi) is 4.74. The number of rotatable bonds is 5. The molecule has 0 aromatic carbocycles. The molecule has 0 aromatic heterocycles. The first kappa shape index (κ1) is 11.0. The lowest BCUT2D eigenvalue weighted by Gasteiger charge is -2.18. The first-order valence-electron chi connectivity index (χ1n) is 5.66.